The van der Waals surface area contributed by atoms with Gasteiger partial charge in [-0.1, -0.05) is 24.3 Å². The number of nitrogens with zero attached hydrogens (tertiary/aromatic N) is 1. The summed E-state index contributed by atoms with van der Waals surface area (Å²) in [6, 6.07) is 8.71. The van der Waals surface area contributed by atoms with Gasteiger partial charge in [0.05, 0.1) is 6.10 Å². The lowest BCUT2D eigenvalue weighted by Crippen LogP contribution is -2.20. The van der Waals surface area contributed by atoms with E-state index in [2.05, 4.69) is 24.1 Å². The van der Waals surface area contributed by atoms with Crippen LogP contribution in [0.2, 0.25) is 0 Å². The lowest BCUT2D eigenvalue weighted by atomic mass is 9.97. The minimum atomic E-state index is -0.396. The van der Waals surface area contributed by atoms with Gasteiger partial charge in [0.1, 0.15) is 0 Å². The summed E-state index contributed by atoms with van der Waals surface area (Å²) >= 11 is 0. The predicted molar refractivity (Wildman–Crippen MR) is 69.6 cm³/mol. The molecule has 0 aliphatic carbocycles. The average Bonchev–Trinajstić information content (AvgIpc) is 2.71. The third-order valence-electron chi connectivity index (χ3n) is 3.75. The largest absolute Gasteiger partial charge is 0.389 e. The third-order valence-corrected chi connectivity index (χ3v) is 3.75. The quantitative estimate of drug-likeness (QED) is 0.837. The van der Waals surface area contributed by atoms with Crippen LogP contribution >= 0.6 is 0 Å². The molecular formula is C14H22N2O. The average molecular weight is 234 g/mol. The number of likely N-dealkylation sites (tertiary alicyclic amines) is 1. The summed E-state index contributed by atoms with van der Waals surface area (Å²) in [6.45, 7) is 3.64. The molecule has 1 aliphatic heterocycles. The van der Waals surface area contributed by atoms with E-state index in [0.717, 1.165) is 25.1 Å². The highest BCUT2D eigenvalue weighted by Gasteiger charge is 2.29. The van der Waals surface area contributed by atoms with Crippen LogP contribution < -0.4 is 5.73 Å². The molecule has 0 amide bonds. The Balaban J connectivity index is 2.19. The van der Waals surface area contributed by atoms with Gasteiger partial charge < -0.3 is 10.8 Å². The Hall–Kier alpha value is -0.900. The molecule has 3 atom stereocenters. The van der Waals surface area contributed by atoms with E-state index in [1.165, 1.54) is 5.56 Å². The van der Waals surface area contributed by atoms with Crippen LogP contribution in [0.1, 0.15) is 36.6 Å². The van der Waals surface area contributed by atoms with Crippen molar-refractivity contribution < 1.29 is 5.11 Å². The topological polar surface area (TPSA) is 49.5 Å². The Labute approximate surface area is 103 Å². The van der Waals surface area contributed by atoms with Gasteiger partial charge in [0.15, 0.2) is 0 Å². The van der Waals surface area contributed by atoms with Gasteiger partial charge in [-0.25, -0.2) is 0 Å². The summed E-state index contributed by atoms with van der Waals surface area (Å²) in [5.74, 6) is 0.597. The van der Waals surface area contributed by atoms with Gasteiger partial charge in [-0.05, 0) is 44.0 Å². The standard InChI is InChI=1S/C14H22N2O/c1-10(17)12-4-3-5-13(7-12)14-6-11(8-15)9-16(14)2/h3-5,7,10-11,14,17H,6,8-9,15H2,1-2H3. The highest BCUT2D eigenvalue weighted by Crippen LogP contribution is 2.34. The molecule has 94 valence electrons. The molecule has 0 bridgehead atoms. The second kappa shape index (κ2) is 5.17. The molecule has 0 aromatic heterocycles. The maximum absolute atomic E-state index is 9.62. The summed E-state index contributed by atoms with van der Waals surface area (Å²) in [5, 5.41) is 9.62. The number of hydrogen-bond donors (Lipinski definition) is 2. The van der Waals surface area contributed by atoms with Crippen LogP contribution in [0.3, 0.4) is 0 Å². The number of aliphatic hydroxyl groups excluding tert-OH is 1. The first-order valence-electron chi connectivity index (χ1n) is 6.30. The summed E-state index contributed by atoms with van der Waals surface area (Å²) in [4.78, 5) is 2.36. The maximum Gasteiger partial charge on any atom is 0.0762 e. The van der Waals surface area contributed by atoms with Gasteiger partial charge in [0, 0.05) is 12.6 Å². The number of aliphatic hydroxyl groups is 1. The number of nitrogens with two attached hydrogens (primary N) is 1. The fourth-order valence-corrected chi connectivity index (χ4v) is 2.69. The Morgan fingerprint density at radius 1 is 1.53 bits per heavy atom. The first kappa shape index (κ1) is 12.6. The molecule has 3 nitrogen and oxygen atoms in total. The van der Waals surface area contributed by atoms with Crippen LogP contribution in [0.4, 0.5) is 0 Å². The van der Waals surface area contributed by atoms with Gasteiger partial charge in [-0.2, -0.15) is 0 Å². The van der Waals surface area contributed by atoms with E-state index in [0.29, 0.717) is 12.0 Å². The molecule has 1 heterocycles. The molecule has 1 saturated heterocycles. The molecule has 1 aromatic rings. The highest BCUT2D eigenvalue weighted by atomic mass is 16.3. The second-order valence-corrected chi connectivity index (χ2v) is 5.14. The van der Waals surface area contributed by atoms with Crippen molar-refractivity contribution in [1.29, 1.82) is 0 Å². The van der Waals surface area contributed by atoms with E-state index in [9.17, 15) is 5.11 Å². The fourth-order valence-electron chi connectivity index (χ4n) is 2.69. The van der Waals surface area contributed by atoms with E-state index < -0.39 is 6.10 Å². The van der Waals surface area contributed by atoms with Gasteiger partial charge >= 0.3 is 0 Å². The Bertz CT molecular complexity index is 378. The molecule has 3 unspecified atom stereocenters. The van der Waals surface area contributed by atoms with E-state index in [1.807, 2.05) is 12.1 Å². The van der Waals surface area contributed by atoms with Crippen LogP contribution in [-0.2, 0) is 0 Å². The van der Waals surface area contributed by atoms with Gasteiger partial charge in [0.2, 0.25) is 0 Å². The number of benzene rings is 1. The van der Waals surface area contributed by atoms with Crippen molar-refractivity contribution in [3.8, 4) is 0 Å². The zero-order chi connectivity index (χ0) is 12.4. The summed E-state index contributed by atoms with van der Waals surface area (Å²) < 4.78 is 0. The van der Waals surface area contributed by atoms with E-state index in [-0.39, 0.29) is 0 Å². The molecule has 1 aromatic carbocycles. The molecule has 3 N–H and O–H groups in total. The normalized spacial score (nSPS) is 27.3. The van der Waals surface area contributed by atoms with Crippen molar-refractivity contribution in [2.45, 2.75) is 25.5 Å². The van der Waals surface area contributed by atoms with Crippen LogP contribution in [-0.4, -0.2) is 30.1 Å². The SMILES string of the molecule is CC(O)c1cccc(C2CC(CN)CN2C)c1. The van der Waals surface area contributed by atoms with Crippen molar-refractivity contribution in [1.82, 2.24) is 4.90 Å². The fraction of sp³-hybridized carbons (Fsp3) is 0.571. The first-order valence-corrected chi connectivity index (χ1v) is 6.30. The molecule has 2 rings (SSSR count). The Kier molecular flexibility index (Phi) is 3.82. The zero-order valence-electron chi connectivity index (χ0n) is 10.6. The maximum atomic E-state index is 9.62. The zero-order valence-corrected chi connectivity index (χ0v) is 10.6. The van der Waals surface area contributed by atoms with Crippen LogP contribution in [0, 0.1) is 5.92 Å². The van der Waals surface area contributed by atoms with Crippen molar-refractivity contribution >= 4 is 0 Å². The van der Waals surface area contributed by atoms with Crippen molar-refractivity contribution in [2.75, 3.05) is 20.1 Å². The van der Waals surface area contributed by atoms with E-state index >= 15 is 0 Å². The summed E-state index contributed by atoms with van der Waals surface area (Å²) in [7, 11) is 2.15. The lowest BCUT2D eigenvalue weighted by Gasteiger charge is -2.20. The smallest absolute Gasteiger partial charge is 0.0762 e. The Morgan fingerprint density at radius 3 is 2.88 bits per heavy atom. The molecule has 0 radical (unpaired) electrons. The molecule has 1 fully saturated rings. The molecule has 3 heteroatoms. The minimum Gasteiger partial charge on any atom is -0.389 e. The molecule has 17 heavy (non-hydrogen) atoms. The van der Waals surface area contributed by atoms with Crippen LogP contribution in [0.15, 0.2) is 24.3 Å². The van der Waals surface area contributed by atoms with E-state index in [1.54, 1.807) is 6.92 Å². The molecule has 0 spiro atoms. The molecule has 0 saturated carbocycles. The van der Waals surface area contributed by atoms with Crippen molar-refractivity contribution in [2.24, 2.45) is 11.7 Å². The highest BCUT2D eigenvalue weighted by molar-refractivity contribution is 5.28. The van der Waals surface area contributed by atoms with Gasteiger partial charge in [0.25, 0.3) is 0 Å². The Morgan fingerprint density at radius 2 is 2.29 bits per heavy atom. The van der Waals surface area contributed by atoms with Gasteiger partial charge in [-0.15, -0.1) is 0 Å². The summed E-state index contributed by atoms with van der Waals surface area (Å²) in [5.41, 5.74) is 8.03. The van der Waals surface area contributed by atoms with Crippen LogP contribution in [0.25, 0.3) is 0 Å². The minimum absolute atomic E-state index is 0.396. The van der Waals surface area contributed by atoms with E-state index in [4.69, 9.17) is 5.73 Å². The summed E-state index contributed by atoms with van der Waals surface area (Å²) in [6.07, 6.45) is 0.725. The first-order chi connectivity index (χ1) is 8.11. The monoisotopic (exact) mass is 234 g/mol. The van der Waals surface area contributed by atoms with Gasteiger partial charge in [-0.3, -0.25) is 4.90 Å². The van der Waals surface area contributed by atoms with Crippen LogP contribution in [0.5, 0.6) is 0 Å². The number of rotatable bonds is 3. The predicted octanol–water partition coefficient (Wildman–Crippen LogP) is 1.69. The molecule has 1 aliphatic rings. The van der Waals surface area contributed by atoms with Crippen molar-refractivity contribution in [3.63, 3.8) is 0 Å². The molecular weight excluding hydrogens is 212 g/mol. The van der Waals surface area contributed by atoms with Crippen molar-refractivity contribution in [3.05, 3.63) is 35.4 Å². The lowest BCUT2D eigenvalue weighted by molar-refractivity contribution is 0.199. The third kappa shape index (κ3) is 2.68. The second-order valence-electron chi connectivity index (χ2n) is 5.14. The number of hydrogen-bond acceptors (Lipinski definition) is 3.